The first-order chi connectivity index (χ1) is 4.97. The van der Waals surface area contributed by atoms with Crippen molar-refractivity contribution in [3.8, 4) is 0 Å². The van der Waals surface area contributed by atoms with Crippen LogP contribution in [0.1, 0.15) is 0 Å². The van der Waals surface area contributed by atoms with Crippen molar-refractivity contribution < 1.29 is 9.36 Å². The average Bonchev–Trinajstić information content (AvgIpc) is 2.59. The Morgan fingerprint density at radius 1 is 1.60 bits per heavy atom. The zero-order chi connectivity index (χ0) is 6.81. The zero-order valence-electron chi connectivity index (χ0n) is 5.10. The minimum absolute atomic E-state index is 0.588. The van der Waals surface area contributed by atoms with E-state index in [1.807, 2.05) is 6.08 Å². The Morgan fingerprint density at radius 2 is 2.60 bits per heavy atom. The lowest BCUT2D eigenvalue weighted by Crippen LogP contribution is -2.16. The van der Waals surface area contributed by atoms with Crippen LogP contribution in [-0.2, 0) is 4.84 Å². The summed E-state index contributed by atoms with van der Waals surface area (Å²) in [4.78, 5) is 4.99. The first kappa shape index (κ1) is 5.28. The van der Waals surface area contributed by atoms with E-state index in [1.54, 1.807) is 11.3 Å². The predicted molar refractivity (Wildman–Crippen MR) is 31.9 cm³/mol. The Hall–Kier alpha value is -1.52. The highest BCUT2D eigenvalue weighted by Crippen LogP contribution is 2.12. The number of anilines is 1. The van der Waals surface area contributed by atoms with E-state index in [2.05, 4.69) is 14.9 Å². The van der Waals surface area contributed by atoms with Crippen LogP contribution in [0.2, 0.25) is 0 Å². The van der Waals surface area contributed by atoms with Crippen molar-refractivity contribution in [2.24, 2.45) is 0 Å². The lowest BCUT2D eigenvalue weighted by Gasteiger charge is -2.09. The summed E-state index contributed by atoms with van der Waals surface area (Å²) in [5.74, 6) is 0.588. The lowest BCUT2D eigenvalue weighted by atomic mass is 10.6. The van der Waals surface area contributed by atoms with Gasteiger partial charge in [0.1, 0.15) is 6.26 Å². The number of hydrogen-bond acceptors (Lipinski definition) is 5. The summed E-state index contributed by atoms with van der Waals surface area (Å²) in [6, 6.07) is 0. The molecule has 0 unspecified atom stereocenters. The molecule has 0 amide bonds. The number of hydrogen-bond donors (Lipinski definition) is 0. The molecule has 0 atom stereocenters. The van der Waals surface area contributed by atoms with Crippen molar-refractivity contribution in [1.29, 1.82) is 0 Å². The van der Waals surface area contributed by atoms with E-state index >= 15 is 0 Å². The van der Waals surface area contributed by atoms with Crippen molar-refractivity contribution >= 4 is 5.82 Å². The van der Waals surface area contributed by atoms with Gasteiger partial charge in [-0.05, 0) is 6.08 Å². The maximum absolute atomic E-state index is 4.99. The standard InChI is InChI=1S/C5H5N3O2/c1-2-8(10-3-1)5-4-9-7-6-5/h1,3-4H,2H2. The Bertz CT molecular complexity index is 223. The third-order valence-electron chi connectivity index (χ3n) is 1.16. The van der Waals surface area contributed by atoms with Crippen LogP contribution >= 0.6 is 0 Å². The van der Waals surface area contributed by atoms with Crippen molar-refractivity contribution in [3.05, 3.63) is 18.6 Å². The first-order valence-corrected chi connectivity index (χ1v) is 2.83. The van der Waals surface area contributed by atoms with Gasteiger partial charge in [0.2, 0.25) is 5.82 Å². The molecule has 0 aliphatic carbocycles. The third kappa shape index (κ3) is 0.717. The molecule has 1 aromatic heterocycles. The predicted octanol–water partition coefficient (Wildman–Crippen LogP) is 0.335. The van der Waals surface area contributed by atoms with Crippen LogP contribution in [0.25, 0.3) is 0 Å². The van der Waals surface area contributed by atoms with E-state index in [9.17, 15) is 0 Å². The molecule has 1 aliphatic rings. The molecule has 52 valence electrons. The van der Waals surface area contributed by atoms with Gasteiger partial charge in [-0.3, -0.25) is 0 Å². The summed E-state index contributed by atoms with van der Waals surface area (Å²) in [6.45, 7) is 0.689. The van der Waals surface area contributed by atoms with Crippen LogP contribution in [0.3, 0.4) is 0 Å². The molecule has 2 heterocycles. The van der Waals surface area contributed by atoms with Crippen molar-refractivity contribution in [2.45, 2.75) is 0 Å². The summed E-state index contributed by atoms with van der Waals surface area (Å²) in [6.07, 6.45) is 4.89. The molecule has 5 nitrogen and oxygen atoms in total. The fraction of sp³-hybridized carbons (Fsp3) is 0.200. The number of aromatic nitrogens is 2. The third-order valence-corrected chi connectivity index (χ3v) is 1.16. The second kappa shape index (κ2) is 2.02. The quantitative estimate of drug-likeness (QED) is 0.561. The normalized spacial score (nSPS) is 15.8. The van der Waals surface area contributed by atoms with Crippen molar-refractivity contribution in [1.82, 2.24) is 10.4 Å². The van der Waals surface area contributed by atoms with Crippen molar-refractivity contribution in [3.63, 3.8) is 0 Å². The molecule has 10 heavy (non-hydrogen) atoms. The second-order valence-corrected chi connectivity index (χ2v) is 1.80. The molecular weight excluding hydrogens is 134 g/mol. The van der Waals surface area contributed by atoms with Crippen molar-refractivity contribution in [2.75, 3.05) is 11.6 Å². The monoisotopic (exact) mass is 139 g/mol. The number of hydroxylamine groups is 1. The van der Waals surface area contributed by atoms with Gasteiger partial charge in [0.25, 0.3) is 0 Å². The Kier molecular flexibility index (Phi) is 1.06. The van der Waals surface area contributed by atoms with Gasteiger partial charge in [-0.1, -0.05) is 5.10 Å². The van der Waals surface area contributed by atoms with Gasteiger partial charge < -0.3 is 9.36 Å². The molecule has 0 bridgehead atoms. The SMILES string of the molecule is C1=CON(c2conn2)C1. The first-order valence-electron chi connectivity index (χ1n) is 2.83. The minimum Gasteiger partial charge on any atom is -0.386 e. The summed E-state index contributed by atoms with van der Waals surface area (Å²) in [7, 11) is 0. The summed E-state index contributed by atoms with van der Waals surface area (Å²) in [5.41, 5.74) is 0. The fourth-order valence-electron chi connectivity index (χ4n) is 0.714. The lowest BCUT2D eigenvalue weighted by molar-refractivity contribution is 0.243. The molecular formula is C5H5N3O2. The van der Waals surface area contributed by atoms with Gasteiger partial charge in [0.05, 0.1) is 6.54 Å². The van der Waals surface area contributed by atoms with Gasteiger partial charge in [0, 0.05) is 5.27 Å². The molecule has 2 rings (SSSR count). The van der Waals surface area contributed by atoms with E-state index in [4.69, 9.17) is 4.84 Å². The highest BCUT2D eigenvalue weighted by molar-refractivity contribution is 5.31. The van der Waals surface area contributed by atoms with Crippen LogP contribution in [0.4, 0.5) is 5.82 Å². The topological polar surface area (TPSA) is 51.4 Å². The van der Waals surface area contributed by atoms with Gasteiger partial charge >= 0.3 is 0 Å². The van der Waals surface area contributed by atoms with E-state index in [0.717, 1.165) is 0 Å². The highest BCUT2D eigenvalue weighted by atomic mass is 16.7. The summed E-state index contributed by atoms with van der Waals surface area (Å²) < 4.78 is 4.52. The Morgan fingerprint density at radius 3 is 3.20 bits per heavy atom. The molecule has 1 aliphatic heterocycles. The minimum atomic E-state index is 0.588. The number of rotatable bonds is 1. The van der Waals surface area contributed by atoms with Gasteiger partial charge in [0.15, 0.2) is 6.26 Å². The van der Waals surface area contributed by atoms with Gasteiger partial charge in [-0.25, -0.2) is 0 Å². The largest absolute Gasteiger partial charge is 0.386 e. The summed E-state index contributed by atoms with van der Waals surface area (Å²) >= 11 is 0. The van der Waals surface area contributed by atoms with Crippen LogP contribution in [0.15, 0.2) is 23.1 Å². The fourth-order valence-corrected chi connectivity index (χ4v) is 0.714. The molecule has 0 saturated carbocycles. The van der Waals surface area contributed by atoms with Gasteiger partial charge in [-0.15, -0.1) is 0 Å². The smallest absolute Gasteiger partial charge is 0.226 e. The maximum atomic E-state index is 4.99. The second-order valence-electron chi connectivity index (χ2n) is 1.80. The molecule has 0 radical (unpaired) electrons. The number of nitrogens with zero attached hydrogens (tertiary/aromatic N) is 3. The van der Waals surface area contributed by atoms with E-state index in [1.165, 1.54) is 6.26 Å². The molecule has 0 spiro atoms. The maximum Gasteiger partial charge on any atom is 0.226 e. The molecule has 0 N–H and O–H groups in total. The highest BCUT2D eigenvalue weighted by Gasteiger charge is 2.11. The van der Waals surface area contributed by atoms with E-state index < -0.39 is 0 Å². The molecule has 0 saturated heterocycles. The molecule has 0 fully saturated rings. The zero-order valence-corrected chi connectivity index (χ0v) is 5.10. The molecule has 0 aromatic carbocycles. The van der Waals surface area contributed by atoms with E-state index in [0.29, 0.717) is 12.4 Å². The summed E-state index contributed by atoms with van der Waals surface area (Å²) in [5, 5.41) is 8.50. The Balaban J connectivity index is 2.14. The van der Waals surface area contributed by atoms with Crippen LogP contribution < -0.4 is 5.06 Å². The van der Waals surface area contributed by atoms with Crippen LogP contribution in [0.5, 0.6) is 0 Å². The van der Waals surface area contributed by atoms with Gasteiger partial charge in [-0.2, -0.15) is 5.06 Å². The van der Waals surface area contributed by atoms with Crippen LogP contribution in [-0.4, -0.2) is 16.9 Å². The van der Waals surface area contributed by atoms with E-state index in [-0.39, 0.29) is 0 Å². The molecule has 1 aromatic rings. The Labute approximate surface area is 56.8 Å². The average molecular weight is 139 g/mol. The molecule has 5 heteroatoms. The van der Waals surface area contributed by atoms with Crippen LogP contribution in [0, 0.1) is 0 Å².